The van der Waals surface area contributed by atoms with E-state index >= 15 is 0 Å². The summed E-state index contributed by atoms with van der Waals surface area (Å²) < 4.78 is 6.69. The average Bonchev–Trinajstić information content (AvgIpc) is 3.33. The molecule has 0 saturated carbocycles. The highest BCUT2D eigenvalue weighted by molar-refractivity contribution is 7.00. The van der Waals surface area contributed by atoms with Crippen LogP contribution >= 0.6 is 0 Å². The summed E-state index contributed by atoms with van der Waals surface area (Å²) in [7, 11) is 0. The van der Waals surface area contributed by atoms with Crippen molar-refractivity contribution >= 4 is 122 Å². The van der Waals surface area contributed by atoms with Crippen LogP contribution in [0.1, 0.15) is 105 Å². The molecular weight excluding hydrogens is 944 g/mol. The Hall–Kier alpha value is -8.08. The summed E-state index contributed by atoms with van der Waals surface area (Å²) in [4.78, 5) is 5.30. The van der Waals surface area contributed by atoms with Crippen LogP contribution in [0.5, 0.6) is 0 Å². The number of hydrogen-bond donors (Lipinski definition) is 0. The first-order valence-corrected chi connectivity index (χ1v) is 28.1. The van der Waals surface area contributed by atoms with Crippen molar-refractivity contribution in [3.63, 3.8) is 0 Å². The summed E-state index contributed by atoms with van der Waals surface area (Å²) in [5.74, 6) is 0. The van der Waals surface area contributed by atoms with Crippen LogP contribution in [0.3, 0.4) is 0 Å². The fraction of sp³-hybridized carbons (Fsp3) is 0.216. The third-order valence-corrected chi connectivity index (χ3v) is 17.2. The smallest absolute Gasteiger partial charge is 0.252 e. The van der Waals surface area contributed by atoms with Crippen molar-refractivity contribution in [2.24, 2.45) is 0 Å². The van der Waals surface area contributed by atoms with Gasteiger partial charge in [-0.25, -0.2) is 0 Å². The van der Waals surface area contributed by atoms with Gasteiger partial charge in [-0.05, 0) is 206 Å². The van der Waals surface area contributed by atoms with Crippen molar-refractivity contribution in [3.05, 3.63) is 210 Å². The average molecular weight is 1010 g/mol. The van der Waals surface area contributed by atoms with Gasteiger partial charge in [-0.2, -0.15) is 0 Å². The Labute approximate surface area is 460 Å². The Morgan fingerprint density at radius 2 is 0.692 bits per heavy atom. The molecule has 2 aliphatic rings. The second-order valence-corrected chi connectivity index (χ2v) is 26.8. The van der Waals surface area contributed by atoms with E-state index in [2.05, 4.69) is 281 Å². The quantitative estimate of drug-likeness (QED) is 0.130. The summed E-state index contributed by atoms with van der Waals surface area (Å²) in [6.45, 7) is 28.2. The lowest BCUT2D eigenvalue weighted by atomic mass is 9.33. The molecule has 0 N–H and O–H groups in total. The molecule has 1 aromatic heterocycles. The Morgan fingerprint density at radius 1 is 0.308 bits per heavy atom. The number of rotatable bonds is 3. The van der Waals surface area contributed by atoms with Crippen molar-refractivity contribution in [1.29, 1.82) is 0 Å². The summed E-state index contributed by atoms with van der Waals surface area (Å²) in [5, 5.41) is 12.2. The van der Waals surface area contributed by atoms with Gasteiger partial charge in [-0.15, -0.1) is 0 Å². The Balaban J connectivity index is 1.17. The van der Waals surface area contributed by atoms with Crippen LogP contribution in [-0.4, -0.2) is 6.71 Å². The molecule has 2 aliphatic heterocycles. The number of nitrogens with zero attached hydrogens (tertiary/aromatic N) is 2. The molecule has 0 aliphatic carbocycles. The fourth-order valence-electron chi connectivity index (χ4n) is 12.7. The second-order valence-electron chi connectivity index (χ2n) is 26.8. The molecule has 14 rings (SSSR count). The van der Waals surface area contributed by atoms with Crippen LogP contribution in [0.4, 0.5) is 34.1 Å². The molecule has 12 aromatic rings. The van der Waals surface area contributed by atoms with Gasteiger partial charge in [-0.1, -0.05) is 180 Å². The zero-order valence-electron chi connectivity index (χ0n) is 47.3. The van der Waals surface area contributed by atoms with E-state index in [1.807, 2.05) is 0 Å². The van der Waals surface area contributed by atoms with Gasteiger partial charge in [0.2, 0.25) is 0 Å². The molecule has 382 valence electrons. The highest BCUT2D eigenvalue weighted by atomic mass is 16.3. The van der Waals surface area contributed by atoms with Gasteiger partial charge in [0.15, 0.2) is 0 Å². The van der Waals surface area contributed by atoms with E-state index < -0.39 is 0 Å². The van der Waals surface area contributed by atoms with Gasteiger partial charge >= 0.3 is 0 Å². The van der Waals surface area contributed by atoms with E-state index in [-0.39, 0.29) is 28.4 Å². The number of hydrogen-bond acceptors (Lipinski definition) is 3. The minimum atomic E-state index is -0.105. The van der Waals surface area contributed by atoms with Crippen LogP contribution in [0.2, 0.25) is 0 Å². The third-order valence-electron chi connectivity index (χ3n) is 17.2. The Morgan fingerprint density at radius 3 is 1.12 bits per heavy atom. The van der Waals surface area contributed by atoms with Crippen LogP contribution in [0, 0.1) is 0 Å². The van der Waals surface area contributed by atoms with Crippen molar-refractivity contribution in [2.75, 3.05) is 9.80 Å². The van der Waals surface area contributed by atoms with Crippen molar-refractivity contribution in [2.45, 2.75) is 105 Å². The minimum Gasteiger partial charge on any atom is -0.456 e. The molecule has 0 unspecified atom stereocenters. The number of fused-ring (bicyclic) bond motifs is 11. The maximum Gasteiger partial charge on any atom is 0.252 e. The van der Waals surface area contributed by atoms with Crippen molar-refractivity contribution < 1.29 is 4.42 Å². The van der Waals surface area contributed by atoms with E-state index in [0.29, 0.717) is 0 Å². The molecule has 0 saturated heterocycles. The van der Waals surface area contributed by atoms with E-state index in [4.69, 9.17) is 4.42 Å². The third kappa shape index (κ3) is 7.77. The largest absolute Gasteiger partial charge is 0.456 e. The first-order chi connectivity index (χ1) is 37.1. The predicted molar refractivity (Wildman–Crippen MR) is 338 cm³/mol. The highest BCUT2D eigenvalue weighted by Crippen LogP contribution is 2.50. The van der Waals surface area contributed by atoms with Crippen LogP contribution in [0.15, 0.2) is 192 Å². The summed E-state index contributed by atoms with van der Waals surface area (Å²) >= 11 is 0. The number of anilines is 6. The maximum absolute atomic E-state index is 6.69. The predicted octanol–water partition coefficient (Wildman–Crippen LogP) is 19.1. The van der Waals surface area contributed by atoms with Crippen molar-refractivity contribution in [1.82, 2.24) is 0 Å². The molecule has 0 atom stereocenters. The molecule has 0 fully saturated rings. The van der Waals surface area contributed by atoms with Gasteiger partial charge in [0.1, 0.15) is 11.2 Å². The molecule has 3 nitrogen and oxygen atoms in total. The van der Waals surface area contributed by atoms with Gasteiger partial charge in [0, 0.05) is 44.9 Å². The van der Waals surface area contributed by atoms with Gasteiger partial charge in [0.05, 0.1) is 0 Å². The first-order valence-electron chi connectivity index (χ1n) is 28.1. The zero-order valence-corrected chi connectivity index (χ0v) is 47.3. The minimum absolute atomic E-state index is 0.105. The summed E-state index contributed by atoms with van der Waals surface area (Å²) in [5.41, 5.74) is 20.0. The SMILES string of the molecule is CC(C)(C)c1cc(N2c3cc4cc5ccccc5cc4cc3B3c4cc5cc6ccccc6cc5cc4N(c4cc(C(C)(C)C)cc(C(C)(C)C)c4)c4cc(-c5ccc6c(c5)oc5ccccc56)cc2c43)cc(C(C)(C)C)c1. The zero-order chi connectivity index (χ0) is 53.9. The van der Waals surface area contributed by atoms with Crippen LogP contribution in [0.25, 0.3) is 76.2 Å². The maximum atomic E-state index is 6.69. The normalized spacial score (nSPS) is 13.8. The standard InChI is InChI=1S/C74H67BN2O/c1-71(2,3)54-38-55(72(4,5)6)41-58(40-54)76-64-33-51-29-46-21-15-13-19-44(46)27-49(51)31-62(64)75-63-32-50-28-45-20-14-16-22-47(45)30-52(50)34-65(63)77(59-42-56(73(7,8)9)39-57(43-59)74(10,11)12)67-36-53(35-66(76)70(67)75)48-25-26-61-60-23-17-18-24-68(60)78-69(61)37-48/h13-43H,1-12H3. The number of para-hydroxylation sites is 1. The summed E-state index contributed by atoms with van der Waals surface area (Å²) in [6, 6.07) is 72.5. The molecule has 0 bridgehead atoms. The molecule has 78 heavy (non-hydrogen) atoms. The van der Waals surface area contributed by atoms with Gasteiger partial charge < -0.3 is 14.2 Å². The topological polar surface area (TPSA) is 19.6 Å². The van der Waals surface area contributed by atoms with E-state index in [0.717, 1.165) is 33.1 Å². The van der Waals surface area contributed by atoms with Crippen LogP contribution in [-0.2, 0) is 21.7 Å². The number of benzene rings is 11. The van der Waals surface area contributed by atoms with E-state index in [9.17, 15) is 0 Å². The molecule has 3 heterocycles. The van der Waals surface area contributed by atoms with Crippen LogP contribution < -0.4 is 26.2 Å². The lowest BCUT2D eigenvalue weighted by Gasteiger charge is -2.45. The Kier molecular flexibility index (Phi) is 10.4. The monoisotopic (exact) mass is 1010 g/mol. The molecule has 11 aromatic carbocycles. The fourth-order valence-corrected chi connectivity index (χ4v) is 12.7. The van der Waals surface area contributed by atoms with Gasteiger partial charge in [0.25, 0.3) is 6.71 Å². The van der Waals surface area contributed by atoms with Crippen molar-refractivity contribution in [3.8, 4) is 11.1 Å². The molecule has 0 spiro atoms. The first kappa shape index (κ1) is 48.3. The lowest BCUT2D eigenvalue weighted by molar-refractivity contribution is 0.568. The molecule has 4 heteroatoms. The Bertz CT molecular complexity index is 4220. The van der Waals surface area contributed by atoms with E-state index in [1.165, 1.54) is 116 Å². The highest BCUT2D eigenvalue weighted by Gasteiger charge is 2.45. The van der Waals surface area contributed by atoms with E-state index in [1.54, 1.807) is 0 Å². The molecule has 0 radical (unpaired) electrons. The molecule has 0 amide bonds. The number of furan rings is 1. The second kappa shape index (κ2) is 16.7. The summed E-state index contributed by atoms with van der Waals surface area (Å²) in [6.07, 6.45) is 0. The molecular formula is C74H67BN2O. The lowest BCUT2D eigenvalue weighted by Crippen LogP contribution is -2.61. The van der Waals surface area contributed by atoms with Gasteiger partial charge in [-0.3, -0.25) is 0 Å².